The summed E-state index contributed by atoms with van der Waals surface area (Å²) in [5.74, 6) is 1.81. The summed E-state index contributed by atoms with van der Waals surface area (Å²) in [5, 5.41) is 6.64. The molecule has 0 aliphatic carbocycles. The van der Waals surface area contributed by atoms with E-state index >= 15 is 0 Å². The molecule has 1 saturated heterocycles. The van der Waals surface area contributed by atoms with Crippen molar-refractivity contribution in [3.05, 3.63) is 36.4 Å². The van der Waals surface area contributed by atoms with Gasteiger partial charge < -0.3 is 24.1 Å². The Kier molecular flexibility index (Phi) is 4.96. The molecule has 1 N–H and O–H groups in total. The Bertz CT molecular complexity index is 944. The molecular weight excluding hydrogens is 360 g/mol. The predicted molar refractivity (Wildman–Crippen MR) is 105 cm³/mol. The highest BCUT2D eigenvalue weighted by Crippen LogP contribution is 2.26. The molecule has 0 atom stereocenters. The number of hydrogen-bond donors (Lipinski definition) is 1. The fourth-order valence-electron chi connectivity index (χ4n) is 3.14. The summed E-state index contributed by atoms with van der Waals surface area (Å²) >= 11 is 0. The van der Waals surface area contributed by atoms with Crippen molar-refractivity contribution in [1.82, 2.24) is 15.1 Å². The van der Waals surface area contributed by atoms with Gasteiger partial charge in [0.1, 0.15) is 5.69 Å². The molecule has 4 rings (SSSR count). The minimum Gasteiger partial charge on any atom is -0.461 e. The van der Waals surface area contributed by atoms with Gasteiger partial charge in [0.15, 0.2) is 17.3 Å². The first-order valence-corrected chi connectivity index (χ1v) is 9.23. The van der Waals surface area contributed by atoms with Gasteiger partial charge in [-0.3, -0.25) is 4.79 Å². The van der Waals surface area contributed by atoms with Crippen molar-refractivity contribution in [2.24, 2.45) is 0 Å². The molecule has 9 nitrogen and oxygen atoms in total. The number of aromatic nitrogens is 3. The van der Waals surface area contributed by atoms with Crippen LogP contribution in [0.25, 0.3) is 11.5 Å². The topological polar surface area (TPSA) is 101 Å². The zero-order chi connectivity index (χ0) is 19.5. The van der Waals surface area contributed by atoms with Crippen LogP contribution in [0.15, 0.2) is 39.6 Å². The van der Waals surface area contributed by atoms with Gasteiger partial charge in [-0.1, -0.05) is 5.16 Å². The molecule has 0 saturated carbocycles. The van der Waals surface area contributed by atoms with Crippen molar-refractivity contribution < 1.29 is 13.7 Å². The van der Waals surface area contributed by atoms with Gasteiger partial charge in [0.25, 0.3) is 5.91 Å². The van der Waals surface area contributed by atoms with Gasteiger partial charge in [-0.15, -0.1) is 0 Å². The monoisotopic (exact) mass is 382 g/mol. The Labute approximate surface area is 162 Å². The molecule has 0 unspecified atom stereocenters. The lowest BCUT2D eigenvalue weighted by Crippen LogP contribution is -2.31. The average molecular weight is 382 g/mol. The highest BCUT2D eigenvalue weighted by Gasteiger charge is 2.20. The summed E-state index contributed by atoms with van der Waals surface area (Å²) in [6, 6.07) is 5.01. The summed E-state index contributed by atoms with van der Waals surface area (Å²) in [5.41, 5.74) is 0.662. The first-order valence-electron chi connectivity index (χ1n) is 9.23. The molecule has 28 heavy (non-hydrogen) atoms. The maximum Gasteiger partial charge on any atom is 0.278 e. The van der Waals surface area contributed by atoms with E-state index in [-0.39, 0.29) is 5.69 Å². The summed E-state index contributed by atoms with van der Waals surface area (Å²) in [6.07, 6.45) is 6.69. The third kappa shape index (κ3) is 3.68. The molecule has 3 aromatic heterocycles. The van der Waals surface area contributed by atoms with E-state index in [1.807, 2.05) is 19.0 Å². The third-order valence-corrected chi connectivity index (χ3v) is 4.57. The summed E-state index contributed by atoms with van der Waals surface area (Å²) in [6.45, 7) is 1.90. The van der Waals surface area contributed by atoms with Crippen LogP contribution in [0, 0.1) is 0 Å². The second-order valence-electron chi connectivity index (χ2n) is 6.86. The van der Waals surface area contributed by atoms with Crippen molar-refractivity contribution in [3.63, 3.8) is 0 Å². The quantitative estimate of drug-likeness (QED) is 0.719. The highest BCUT2D eigenvalue weighted by molar-refractivity contribution is 6.04. The van der Waals surface area contributed by atoms with Crippen molar-refractivity contribution in [2.75, 3.05) is 42.3 Å². The molecule has 9 heteroatoms. The number of hydrogen-bond acceptors (Lipinski definition) is 8. The zero-order valence-electron chi connectivity index (χ0n) is 15.9. The lowest BCUT2D eigenvalue weighted by Gasteiger charge is -2.27. The minimum absolute atomic E-state index is 0.149. The molecule has 146 valence electrons. The van der Waals surface area contributed by atoms with Gasteiger partial charge in [0.2, 0.25) is 11.7 Å². The number of piperidine rings is 1. The van der Waals surface area contributed by atoms with E-state index in [1.54, 1.807) is 18.3 Å². The van der Waals surface area contributed by atoms with E-state index in [0.29, 0.717) is 29.0 Å². The predicted octanol–water partition coefficient (Wildman–Crippen LogP) is 3.03. The number of furan rings is 1. The van der Waals surface area contributed by atoms with Crippen LogP contribution in [0.5, 0.6) is 0 Å². The Hall–Kier alpha value is -3.36. The summed E-state index contributed by atoms with van der Waals surface area (Å²) in [7, 11) is 3.76. The van der Waals surface area contributed by atoms with E-state index < -0.39 is 5.91 Å². The van der Waals surface area contributed by atoms with E-state index in [4.69, 9.17) is 8.94 Å². The van der Waals surface area contributed by atoms with Crippen LogP contribution in [0.4, 0.5) is 17.5 Å². The number of anilines is 3. The molecule has 1 aliphatic rings. The smallest absolute Gasteiger partial charge is 0.278 e. The maximum absolute atomic E-state index is 12.6. The van der Waals surface area contributed by atoms with Crippen LogP contribution < -0.4 is 15.1 Å². The Morgan fingerprint density at radius 1 is 1.21 bits per heavy atom. The molecular formula is C19H22N6O3. The number of carbonyl (C=O) groups is 1. The molecule has 0 aromatic carbocycles. The SMILES string of the molecule is CN(C)c1nc(N2CCCCC2)ncc1NC(=O)c1cc(-c2ccco2)on1. The molecule has 0 spiro atoms. The highest BCUT2D eigenvalue weighted by atomic mass is 16.5. The van der Waals surface area contributed by atoms with Crippen molar-refractivity contribution in [1.29, 1.82) is 0 Å². The second kappa shape index (κ2) is 7.71. The number of rotatable bonds is 5. The lowest BCUT2D eigenvalue weighted by molar-refractivity contribution is 0.101. The van der Waals surface area contributed by atoms with Crippen molar-refractivity contribution >= 4 is 23.4 Å². The van der Waals surface area contributed by atoms with Crippen LogP contribution in [-0.4, -0.2) is 48.2 Å². The molecule has 3 aromatic rings. The van der Waals surface area contributed by atoms with Crippen LogP contribution >= 0.6 is 0 Å². The van der Waals surface area contributed by atoms with Gasteiger partial charge >= 0.3 is 0 Å². The van der Waals surface area contributed by atoms with E-state index in [2.05, 4.69) is 25.3 Å². The molecule has 1 amide bonds. The van der Waals surface area contributed by atoms with Gasteiger partial charge in [0.05, 0.1) is 12.5 Å². The lowest BCUT2D eigenvalue weighted by atomic mass is 10.1. The van der Waals surface area contributed by atoms with E-state index in [1.165, 1.54) is 18.8 Å². The number of nitrogens with zero attached hydrogens (tertiary/aromatic N) is 5. The fraction of sp³-hybridized carbons (Fsp3) is 0.368. The Morgan fingerprint density at radius 3 is 2.75 bits per heavy atom. The second-order valence-corrected chi connectivity index (χ2v) is 6.86. The zero-order valence-corrected chi connectivity index (χ0v) is 15.9. The molecule has 0 radical (unpaired) electrons. The van der Waals surface area contributed by atoms with Crippen LogP contribution in [-0.2, 0) is 0 Å². The van der Waals surface area contributed by atoms with Gasteiger partial charge in [-0.2, -0.15) is 4.98 Å². The van der Waals surface area contributed by atoms with Crippen molar-refractivity contribution in [3.8, 4) is 11.5 Å². The summed E-state index contributed by atoms with van der Waals surface area (Å²) in [4.78, 5) is 25.7. The third-order valence-electron chi connectivity index (χ3n) is 4.57. The van der Waals surface area contributed by atoms with Crippen LogP contribution in [0.3, 0.4) is 0 Å². The van der Waals surface area contributed by atoms with Crippen LogP contribution in [0.1, 0.15) is 29.8 Å². The first-order chi connectivity index (χ1) is 13.6. The number of amides is 1. The molecule has 4 heterocycles. The molecule has 0 bridgehead atoms. The van der Waals surface area contributed by atoms with Crippen molar-refractivity contribution in [2.45, 2.75) is 19.3 Å². The average Bonchev–Trinajstić information content (AvgIpc) is 3.40. The largest absolute Gasteiger partial charge is 0.461 e. The molecule has 1 aliphatic heterocycles. The fourth-order valence-corrected chi connectivity index (χ4v) is 3.14. The Morgan fingerprint density at radius 2 is 2.04 bits per heavy atom. The van der Waals surface area contributed by atoms with E-state index in [9.17, 15) is 4.79 Å². The minimum atomic E-state index is -0.404. The van der Waals surface area contributed by atoms with Gasteiger partial charge in [0, 0.05) is 33.3 Å². The van der Waals surface area contributed by atoms with Gasteiger partial charge in [-0.05, 0) is 31.4 Å². The first kappa shape index (κ1) is 18.0. The standard InChI is InChI=1S/C19H22N6O3/c1-24(2)17-14(12-20-19(22-17)25-8-4-3-5-9-25)21-18(26)13-11-16(28-23-13)15-7-6-10-27-15/h6-7,10-12H,3-5,8-9H2,1-2H3,(H,21,26). The van der Waals surface area contributed by atoms with Crippen LogP contribution in [0.2, 0.25) is 0 Å². The van der Waals surface area contributed by atoms with E-state index in [0.717, 1.165) is 25.9 Å². The Balaban J connectivity index is 1.54. The normalized spacial score (nSPS) is 14.1. The summed E-state index contributed by atoms with van der Waals surface area (Å²) < 4.78 is 10.4. The number of nitrogens with one attached hydrogen (secondary N) is 1. The molecule has 1 fully saturated rings. The van der Waals surface area contributed by atoms with Gasteiger partial charge in [-0.25, -0.2) is 4.98 Å². The maximum atomic E-state index is 12.6. The number of carbonyl (C=O) groups excluding carboxylic acids is 1.